The van der Waals surface area contributed by atoms with E-state index in [-0.39, 0.29) is 11.8 Å². The van der Waals surface area contributed by atoms with E-state index >= 15 is 0 Å². The second kappa shape index (κ2) is 6.12. The highest BCUT2D eigenvalue weighted by molar-refractivity contribution is 5.39. The highest BCUT2D eigenvalue weighted by atomic mass is 16.5. The molecule has 0 saturated heterocycles. The molecule has 0 aliphatic heterocycles. The van der Waals surface area contributed by atoms with Crippen LogP contribution in [-0.4, -0.2) is 42.2 Å². The van der Waals surface area contributed by atoms with Crippen LogP contribution in [0.4, 0.5) is 0 Å². The van der Waals surface area contributed by atoms with Crippen molar-refractivity contribution in [2.24, 2.45) is 11.8 Å². The number of rotatable bonds is 3. The molecule has 6 atom stereocenters. The van der Waals surface area contributed by atoms with E-state index in [1.807, 2.05) is 62.4 Å². The predicted octanol–water partition coefficient (Wildman–Crippen LogP) is 2.34. The molecule has 1 aromatic rings. The number of methoxy groups -OCH3 is 2. The van der Waals surface area contributed by atoms with Crippen LogP contribution < -0.4 is 0 Å². The zero-order valence-electron chi connectivity index (χ0n) is 14.6. The fraction of sp³-hybridized carbons (Fsp3) is 0.500. The summed E-state index contributed by atoms with van der Waals surface area (Å²) in [6, 6.07) is 7.86. The minimum Gasteiger partial charge on any atom is -0.387 e. The van der Waals surface area contributed by atoms with Crippen molar-refractivity contribution in [2.45, 2.75) is 37.3 Å². The summed E-state index contributed by atoms with van der Waals surface area (Å²) < 4.78 is 11.7. The van der Waals surface area contributed by atoms with Gasteiger partial charge in [0.25, 0.3) is 0 Å². The molecular formula is C20H26O4. The van der Waals surface area contributed by atoms with Gasteiger partial charge < -0.3 is 19.7 Å². The molecule has 2 unspecified atom stereocenters. The predicted molar refractivity (Wildman–Crippen MR) is 92.6 cm³/mol. The van der Waals surface area contributed by atoms with Crippen LogP contribution in [0.5, 0.6) is 0 Å². The maximum Gasteiger partial charge on any atom is 0.128 e. The van der Waals surface area contributed by atoms with Gasteiger partial charge in [-0.1, -0.05) is 48.6 Å². The van der Waals surface area contributed by atoms with Gasteiger partial charge in [0, 0.05) is 26.1 Å². The third kappa shape index (κ3) is 2.14. The molecule has 1 saturated carbocycles. The largest absolute Gasteiger partial charge is 0.387 e. The molecule has 4 heteroatoms. The quantitative estimate of drug-likeness (QED) is 0.893. The van der Waals surface area contributed by atoms with Crippen LogP contribution in [0.2, 0.25) is 0 Å². The lowest BCUT2D eigenvalue weighted by molar-refractivity contribution is -0.270. The number of aliphatic hydroxyl groups excluding tert-OH is 2. The average Bonchev–Trinajstić information content (AvgIpc) is 2.62. The molecule has 3 rings (SSSR count). The summed E-state index contributed by atoms with van der Waals surface area (Å²) in [4.78, 5) is 0. The summed E-state index contributed by atoms with van der Waals surface area (Å²) in [5.41, 5.74) is -0.00870. The molecule has 2 N–H and O–H groups in total. The van der Waals surface area contributed by atoms with Crippen molar-refractivity contribution >= 4 is 0 Å². The van der Waals surface area contributed by atoms with Crippen molar-refractivity contribution in [3.8, 4) is 0 Å². The molecule has 2 aliphatic rings. The van der Waals surface area contributed by atoms with E-state index in [9.17, 15) is 10.2 Å². The summed E-state index contributed by atoms with van der Waals surface area (Å²) in [6.45, 7) is 3.84. The first-order chi connectivity index (χ1) is 11.4. The third-order valence-electron chi connectivity index (χ3n) is 5.96. The Labute approximate surface area is 143 Å². The van der Waals surface area contributed by atoms with Gasteiger partial charge in [-0.05, 0) is 25.0 Å². The SMILES string of the molecule is CO[C@]1(C)C2C=CC=CC2[C@@](OC)(c2ccccc2C)[C@H](O)[C@@H]1O. The lowest BCUT2D eigenvalue weighted by atomic mass is 9.56. The van der Waals surface area contributed by atoms with Gasteiger partial charge in [0.2, 0.25) is 0 Å². The lowest BCUT2D eigenvalue weighted by Crippen LogP contribution is -2.69. The van der Waals surface area contributed by atoms with Crippen LogP contribution in [0.1, 0.15) is 18.1 Å². The van der Waals surface area contributed by atoms with E-state index in [4.69, 9.17) is 9.47 Å². The summed E-state index contributed by atoms with van der Waals surface area (Å²) in [6.07, 6.45) is 5.81. The molecule has 1 aromatic carbocycles. The Morgan fingerprint density at radius 3 is 2.12 bits per heavy atom. The summed E-state index contributed by atoms with van der Waals surface area (Å²) in [5.74, 6) is -0.276. The molecule has 0 spiro atoms. The van der Waals surface area contributed by atoms with Crippen molar-refractivity contribution < 1.29 is 19.7 Å². The van der Waals surface area contributed by atoms with Gasteiger partial charge >= 0.3 is 0 Å². The van der Waals surface area contributed by atoms with Crippen molar-refractivity contribution in [1.82, 2.24) is 0 Å². The first-order valence-electron chi connectivity index (χ1n) is 8.31. The molecule has 0 amide bonds. The monoisotopic (exact) mass is 330 g/mol. The zero-order valence-corrected chi connectivity index (χ0v) is 14.6. The minimum atomic E-state index is -1.12. The summed E-state index contributed by atoms with van der Waals surface area (Å²) >= 11 is 0. The van der Waals surface area contributed by atoms with Crippen LogP contribution in [-0.2, 0) is 15.1 Å². The highest BCUT2D eigenvalue weighted by Crippen LogP contribution is 2.54. The molecule has 0 heterocycles. The van der Waals surface area contributed by atoms with Crippen LogP contribution in [0, 0.1) is 18.8 Å². The van der Waals surface area contributed by atoms with E-state index in [2.05, 4.69) is 0 Å². The van der Waals surface area contributed by atoms with Crippen LogP contribution >= 0.6 is 0 Å². The Balaban J connectivity index is 2.24. The van der Waals surface area contributed by atoms with Gasteiger partial charge in [0.1, 0.15) is 23.4 Å². The van der Waals surface area contributed by atoms with E-state index < -0.39 is 23.4 Å². The Bertz CT molecular complexity index is 667. The number of fused-ring (bicyclic) bond motifs is 1. The minimum absolute atomic E-state index is 0.120. The third-order valence-corrected chi connectivity index (χ3v) is 5.96. The van der Waals surface area contributed by atoms with Gasteiger partial charge in [0.15, 0.2) is 0 Å². The zero-order chi connectivity index (χ0) is 17.5. The number of aryl methyl sites for hydroxylation is 1. The number of aliphatic hydroxyl groups is 2. The standard InChI is InChI=1S/C20H26O4/c1-13-9-5-6-10-14(13)20(24-4)16-12-8-7-11-15(16)19(2,23-3)17(21)18(20)22/h5-12,15-18,21-22H,1-4H3/t15?,16?,17-,18+,19+,20-/m0/s1. The number of hydrogen-bond donors (Lipinski definition) is 2. The van der Waals surface area contributed by atoms with Gasteiger partial charge in [-0.15, -0.1) is 0 Å². The fourth-order valence-corrected chi connectivity index (χ4v) is 4.48. The van der Waals surface area contributed by atoms with Crippen LogP contribution in [0.25, 0.3) is 0 Å². The van der Waals surface area contributed by atoms with Crippen LogP contribution in [0.3, 0.4) is 0 Å². The van der Waals surface area contributed by atoms with Crippen molar-refractivity contribution in [3.05, 3.63) is 59.7 Å². The summed E-state index contributed by atoms with van der Waals surface area (Å²) in [5, 5.41) is 22.1. The molecule has 2 aliphatic carbocycles. The van der Waals surface area contributed by atoms with Gasteiger partial charge in [0.05, 0.1) is 0 Å². The normalized spacial score (nSPS) is 41.2. The van der Waals surface area contributed by atoms with E-state index in [1.54, 1.807) is 14.2 Å². The van der Waals surface area contributed by atoms with Crippen molar-refractivity contribution in [1.29, 1.82) is 0 Å². The fourth-order valence-electron chi connectivity index (χ4n) is 4.48. The molecule has 24 heavy (non-hydrogen) atoms. The smallest absolute Gasteiger partial charge is 0.128 e. The Hall–Kier alpha value is -1.46. The van der Waals surface area contributed by atoms with Gasteiger partial charge in [-0.25, -0.2) is 0 Å². The van der Waals surface area contributed by atoms with Crippen molar-refractivity contribution in [2.75, 3.05) is 14.2 Å². The molecular weight excluding hydrogens is 304 g/mol. The number of allylic oxidation sites excluding steroid dienone is 2. The maximum absolute atomic E-state index is 11.2. The highest BCUT2D eigenvalue weighted by Gasteiger charge is 2.64. The number of ether oxygens (including phenoxy) is 2. The molecule has 1 fully saturated rings. The second-order valence-corrected chi connectivity index (χ2v) is 6.91. The number of hydrogen-bond acceptors (Lipinski definition) is 4. The van der Waals surface area contributed by atoms with E-state index in [0.29, 0.717) is 0 Å². The number of benzene rings is 1. The Morgan fingerprint density at radius 2 is 1.54 bits per heavy atom. The molecule has 0 bridgehead atoms. The van der Waals surface area contributed by atoms with Gasteiger partial charge in [-0.2, -0.15) is 0 Å². The first-order valence-corrected chi connectivity index (χ1v) is 8.31. The first kappa shape index (κ1) is 17.4. The average molecular weight is 330 g/mol. The molecule has 4 nitrogen and oxygen atoms in total. The van der Waals surface area contributed by atoms with Crippen LogP contribution in [0.15, 0.2) is 48.6 Å². The lowest BCUT2D eigenvalue weighted by Gasteiger charge is -2.58. The molecule has 0 aromatic heterocycles. The Kier molecular flexibility index (Phi) is 4.43. The van der Waals surface area contributed by atoms with Gasteiger partial charge in [-0.3, -0.25) is 0 Å². The molecule has 130 valence electrons. The van der Waals surface area contributed by atoms with E-state index in [1.165, 1.54) is 0 Å². The second-order valence-electron chi connectivity index (χ2n) is 6.91. The molecule has 0 radical (unpaired) electrons. The Morgan fingerprint density at radius 1 is 0.917 bits per heavy atom. The van der Waals surface area contributed by atoms with E-state index in [0.717, 1.165) is 11.1 Å². The topological polar surface area (TPSA) is 58.9 Å². The summed E-state index contributed by atoms with van der Waals surface area (Å²) in [7, 11) is 3.17. The maximum atomic E-state index is 11.2. The van der Waals surface area contributed by atoms with Crippen molar-refractivity contribution in [3.63, 3.8) is 0 Å².